The lowest BCUT2D eigenvalue weighted by Crippen LogP contribution is -2.39. The first-order valence-corrected chi connectivity index (χ1v) is 8.34. The maximum Gasteiger partial charge on any atom is 0.240 e. The van der Waals surface area contributed by atoms with Crippen molar-refractivity contribution >= 4 is 17.7 Å². The highest BCUT2D eigenvalue weighted by Gasteiger charge is 2.41. The number of nitriles is 1. The van der Waals surface area contributed by atoms with E-state index in [1.54, 1.807) is 23.9 Å². The molecule has 0 saturated heterocycles. The Morgan fingerprint density at radius 1 is 1.38 bits per heavy atom. The van der Waals surface area contributed by atoms with Crippen LogP contribution in [0.3, 0.4) is 0 Å². The van der Waals surface area contributed by atoms with Crippen molar-refractivity contribution in [3.8, 4) is 6.07 Å². The van der Waals surface area contributed by atoms with Crippen molar-refractivity contribution in [2.24, 2.45) is 5.41 Å². The van der Waals surface area contributed by atoms with Gasteiger partial charge in [-0.3, -0.25) is 4.79 Å². The number of halogens is 1. The Morgan fingerprint density at radius 3 is 2.76 bits per heavy atom. The summed E-state index contributed by atoms with van der Waals surface area (Å²) < 4.78 is 13.4. The summed E-state index contributed by atoms with van der Waals surface area (Å²) in [6.07, 6.45) is 3.22. The molecule has 1 aliphatic rings. The number of rotatable bonds is 6. The summed E-state index contributed by atoms with van der Waals surface area (Å²) in [5, 5.41) is 12.1. The molecule has 1 aliphatic carbocycles. The topological polar surface area (TPSA) is 52.9 Å². The molecule has 0 atom stereocenters. The number of carbonyl (C=O) groups excluding carboxylic acids is 1. The van der Waals surface area contributed by atoms with Crippen molar-refractivity contribution in [3.05, 3.63) is 35.6 Å². The molecule has 0 aliphatic heterocycles. The Balaban J connectivity index is 1.69. The average molecular weight is 306 g/mol. The van der Waals surface area contributed by atoms with Gasteiger partial charge in [0.15, 0.2) is 0 Å². The van der Waals surface area contributed by atoms with Crippen LogP contribution < -0.4 is 5.32 Å². The number of carbonyl (C=O) groups is 1. The molecule has 1 saturated carbocycles. The second kappa shape index (κ2) is 7.46. The maximum absolute atomic E-state index is 13.4. The Bertz CT molecular complexity index is 535. The largest absolute Gasteiger partial charge is 0.354 e. The SMILES string of the molecule is N#CC1(C(=O)NCCSCc2ccccc2F)CCCC1. The summed E-state index contributed by atoms with van der Waals surface area (Å²) in [7, 11) is 0. The fourth-order valence-corrected chi connectivity index (χ4v) is 3.42. The molecule has 21 heavy (non-hydrogen) atoms. The molecule has 0 radical (unpaired) electrons. The lowest BCUT2D eigenvalue weighted by atomic mass is 9.87. The fourth-order valence-electron chi connectivity index (χ4n) is 2.57. The van der Waals surface area contributed by atoms with Crippen LogP contribution in [0.4, 0.5) is 4.39 Å². The Labute approximate surface area is 128 Å². The van der Waals surface area contributed by atoms with Crippen molar-refractivity contribution in [1.29, 1.82) is 5.26 Å². The van der Waals surface area contributed by atoms with E-state index in [4.69, 9.17) is 0 Å². The third-order valence-electron chi connectivity index (χ3n) is 3.85. The van der Waals surface area contributed by atoms with Crippen molar-refractivity contribution in [2.75, 3.05) is 12.3 Å². The molecular weight excluding hydrogens is 287 g/mol. The van der Waals surface area contributed by atoms with Gasteiger partial charge in [-0.1, -0.05) is 31.0 Å². The minimum absolute atomic E-state index is 0.144. The van der Waals surface area contributed by atoms with Gasteiger partial charge >= 0.3 is 0 Å². The molecule has 0 bridgehead atoms. The lowest BCUT2D eigenvalue weighted by molar-refractivity contribution is -0.127. The Hall–Kier alpha value is -1.54. The Kier molecular flexibility index (Phi) is 5.63. The van der Waals surface area contributed by atoms with Gasteiger partial charge < -0.3 is 5.32 Å². The molecule has 2 rings (SSSR count). The number of hydrogen-bond donors (Lipinski definition) is 1. The number of benzene rings is 1. The van der Waals surface area contributed by atoms with E-state index in [9.17, 15) is 14.4 Å². The molecule has 3 nitrogen and oxygen atoms in total. The van der Waals surface area contributed by atoms with Gasteiger partial charge in [0.1, 0.15) is 11.2 Å². The van der Waals surface area contributed by atoms with Crippen molar-refractivity contribution in [2.45, 2.75) is 31.4 Å². The molecule has 1 fully saturated rings. The predicted octanol–water partition coefficient (Wildman–Crippen LogP) is 3.26. The summed E-state index contributed by atoms with van der Waals surface area (Å²) in [5.41, 5.74) is -0.131. The third-order valence-corrected chi connectivity index (χ3v) is 4.86. The van der Waals surface area contributed by atoms with Gasteiger partial charge in [0.05, 0.1) is 6.07 Å². The monoisotopic (exact) mass is 306 g/mol. The van der Waals surface area contributed by atoms with Gasteiger partial charge in [0.25, 0.3) is 0 Å². The van der Waals surface area contributed by atoms with Gasteiger partial charge in [0, 0.05) is 18.1 Å². The zero-order valence-electron chi connectivity index (χ0n) is 11.9. The van der Waals surface area contributed by atoms with Crippen LogP contribution in [0.25, 0.3) is 0 Å². The number of thioether (sulfide) groups is 1. The van der Waals surface area contributed by atoms with E-state index in [0.717, 1.165) is 12.8 Å². The molecular formula is C16H19FN2OS. The second-order valence-corrected chi connectivity index (χ2v) is 6.41. The molecule has 1 N–H and O–H groups in total. The van der Waals surface area contributed by atoms with E-state index in [0.29, 0.717) is 36.5 Å². The van der Waals surface area contributed by atoms with E-state index in [1.165, 1.54) is 6.07 Å². The lowest BCUT2D eigenvalue weighted by Gasteiger charge is -2.19. The molecule has 0 aromatic heterocycles. The summed E-state index contributed by atoms with van der Waals surface area (Å²) in [5.74, 6) is 0.963. The summed E-state index contributed by atoms with van der Waals surface area (Å²) in [6.45, 7) is 0.515. The van der Waals surface area contributed by atoms with E-state index in [-0.39, 0.29) is 11.7 Å². The first kappa shape index (κ1) is 15.8. The molecule has 0 spiro atoms. The van der Waals surface area contributed by atoms with Gasteiger partial charge in [-0.05, 0) is 24.5 Å². The van der Waals surface area contributed by atoms with Crippen molar-refractivity contribution in [3.63, 3.8) is 0 Å². The zero-order valence-corrected chi connectivity index (χ0v) is 12.7. The minimum Gasteiger partial charge on any atom is -0.354 e. The van der Waals surface area contributed by atoms with Gasteiger partial charge in [-0.25, -0.2) is 4.39 Å². The quantitative estimate of drug-likeness (QED) is 0.821. The van der Waals surface area contributed by atoms with Gasteiger partial charge in [-0.2, -0.15) is 17.0 Å². The van der Waals surface area contributed by atoms with E-state index < -0.39 is 5.41 Å². The van der Waals surface area contributed by atoms with E-state index in [1.807, 2.05) is 6.07 Å². The number of nitrogens with one attached hydrogen (secondary N) is 1. The summed E-state index contributed by atoms with van der Waals surface area (Å²) in [4.78, 5) is 12.1. The molecule has 1 aromatic rings. The van der Waals surface area contributed by atoms with Crippen LogP contribution in [0.2, 0.25) is 0 Å². The maximum atomic E-state index is 13.4. The highest BCUT2D eigenvalue weighted by molar-refractivity contribution is 7.98. The van der Waals surface area contributed by atoms with Crippen molar-refractivity contribution in [1.82, 2.24) is 5.32 Å². The molecule has 1 aromatic carbocycles. The molecule has 0 heterocycles. The first-order valence-electron chi connectivity index (χ1n) is 7.19. The Morgan fingerprint density at radius 2 is 2.10 bits per heavy atom. The molecule has 112 valence electrons. The van der Waals surface area contributed by atoms with Crippen LogP contribution in [0.15, 0.2) is 24.3 Å². The minimum atomic E-state index is -0.809. The zero-order chi connectivity index (χ0) is 15.1. The average Bonchev–Trinajstić information content (AvgIpc) is 2.98. The highest BCUT2D eigenvalue weighted by atomic mass is 32.2. The van der Waals surface area contributed by atoms with Gasteiger partial charge in [0.2, 0.25) is 5.91 Å². The summed E-state index contributed by atoms with van der Waals surface area (Å²) in [6, 6.07) is 8.89. The number of hydrogen-bond acceptors (Lipinski definition) is 3. The van der Waals surface area contributed by atoms with E-state index >= 15 is 0 Å². The smallest absolute Gasteiger partial charge is 0.240 e. The third kappa shape index (κ3) is 3.98. The molecule has 1 amide bonds. The summed E-state index contributed by atoms with van der Waals surface area (Å²) >= 11 is 1.57. The van der Waals surface area contributed by atoms with Crippen LogP contribution in [-0.4, -0.2) is 18.2 Å². The first-order chi connectivity index (χ1) is 10.2. The van der Waals surface area contributed by atoms with Crippen LogP contribution in [0.1, 0.15) is 31.2 Å². The molecule has 0 unspecified atom stereocenters. The molecule has 5 heteroatoms. The standard InChI is InChI=1S/C16H19FN2OS/c17-14-6-2-1-5-13(14)11-21-10-9-19-15(20)16(12-18)7-3-4-8-16/h1-2,5-6H,3-4,7-11H2,(H,19,20). The van der Waals surface area contributed by atoms with Crippen LogP contribution in [0, 0.1) is 22.6 Å². The second-order valence-electron chi connectivity index (χ2n) is 5.30. The predicted molar refractivity (Wildman–Crippen MR) is 82.1 cm³/mol. The fraction of sp³-hybridized carbons (Fsp3) is 0.500. The van der Waals surface area contributed by atoms with Crippen molar-refractivity contribution < 1.29 is 9.18 Å². The van der Waals surface area contributed by atoms with Crippen LogP contribution in [-0.2, 0) is 10.5 Å². The normalized spacial score (nSPS) is 16.4. The van der Waals surface area contributed by atoms with Crippen LogP contribution in [0.5, 0.6) is 0 Å². The van der Waals surface area contributed by atoms with Crippen LogP contribution >= 0.6 is 11.8 Å². The van der Waals surface area contributed by atoms with E-state index in [2.05, 4.69) is 11.4 Å². The number of amides is 1. The highest BCUT2D eigenvalue weighted by Crippen LogP contribution is 2.37. The number of nitrogens with zero attached hydrogens (tertiary/aromatic N) is 1. The van der Waals surface area contributed by atoms with Gasteiger partial charge in [-0.15, -0.1) is 0 Å².